The summed E-state index contributed by atoms with van der Waals surface area (Å²) in [6.45, 7) is 2.14. The van der Waals surface area contributed by atoms with Crippen LogP contribution >= 0.6 is 34.9 Å². The molecule has 3 aliphatic rings. The van der Waals surface area contributed by atoms with Gasteiger partial charge in [-0.3, -0.25) is 19.5 Å². The Hall–Kier alpha value is -3.87. The number of aromatic nitrogens is 1. The highest BCUT2D eigenvalue weighted by molar-refractivity contribution is 8.15. The molecule has 1 saturated heterocycles. The fourth-order valence-corrected chi connectivity index (χ4v) is 8.95. The van der Waals surface area contributed by atoms with Gasteiger partial charge in [0.25, 0.3) is 5.91 Å². The van der Waals surface area contributed by atoms with E-state index in [1.165, 1.54) is 16.7 Å². The molecular weight excluding hydrogens is 605 g/mol. The molecule has 9 nitrogen and oxygen atoms in total. The number of thiazole rings is 1. The summed E-state index contributed by atoms with van der Waals surface area (Å²) in [5.41, 5.74) is 2.22. The molecule has 4 aromatic rings. The van der Waals surface area contributed by atoms with E-state index in [4.69, 9.17) is 14.7 Å². The normalized spacial score (nSPS) is 21.5. The quantitative estimate of drug-likeness (QED) is 0.269. The third-order valence-electron chi connectivity index (χ3n) is 7.51. The van der Waals surface area contributed by atoms with E-state index in [0.717, 1.165) is 42.4 Å². The summed E-state index contributed by atoms with van der Waals surface area (Å²) in [7, 11) is 0. The molecule has 1 aromatic heterocycles. The number of amides is 2. The van der Waals surface area contributed by atoms with Crippen molar-refractivity contribution in [3.05, 3.63) is 82.5 Å². The van der Waals surface area contributed by atoms with Gasteiger partial charge in [-0.15, -0.1) is 34.9 Å². The van der Waals surface area contributed by atoms with Crippen molar-refractivity contribution in [2.45, 2.75) is 30.8 Å². The first-order valence-electron chi connectivity index (χ1n) is 13.8. The molecule has 0 radical (unpaired) electrons. The second-order valence-corrected chi connectivity index (χ2v) is 13.7. The van der Waals surface area contributed by atoms with Crippen molar-refractivity contribution in [1.29, 1.82) is 0 Å². The number of nitrogens with zero attached hydrogens (tertiary/aromatic N) is 3. The molecule has 3 aliphatic heterocycles. The number of aliphatic imine (C=N–C) groups is 1. The summed E-state index contributed by atoms with van der Waals surface area (Å²) in [6.07, 6.45) is 0.151. The molecule has 0 saturated carbocycles. The number of carbonyl (C=O) groups is 3. The first-order chi connectivity index (χ1) is 20.9. The fraction of sp³-hybridized carbons (Fsp3) is 0.258. The van der Waals surface area contributed by atoms with Crippen LogP contribution in [-0.2, 0) is 20.8 Å². The highest BCUT2D eigenvalue weighted by atomic mass is 32.2. The van der Waals surface area contributed by atoms with Gasteiger partial charge in [-0.05, 0) is 42.1 Å². The van der Waals surface area contributed by atoms with Crippen LogP contribution in [-0.4, -0.2) is 73.4 Å². The van der Waals surface area contributed by atoms with Crippen molar-refractivity contribution >= 4 is 78.7 Å². The molecule has 0 aliphatic carbocycles. The SMILES string of the molecule is CC1CSC(c2nc3ccc4cc(OCC5=C(C(=O)O)N6C(=O)C(NC(=O)Cc7ccccc7)C6SC5)ccc4c3s2)=N1. The maximum absolute atomic E-state index is 13.0. The van der Waals surface area contributed by atoms with Gasteiger partial charge in [0.2, 0.25) is 5.91 Å². The zero-order chi connectivity index (χ0) is 29.7. The van der Waals surface area contributed by atoms with Crippen LogP contribution in [0.2, 0.25) is 0 Å². The summed E-state index contributed by atoms with van der Waals surface area (Å²) < 4.78 is 7.16. The predicted octanol–water partition coefficient (Wildman–Crippen LogP) is 4.69. The Morgan fingerprint density at radius 2 is 1.98 bits per heavy atom. The molecule has 43 heavy (non-hydrogen) atoms. The van der Waals surface area contributed by atoms with Crippen LogP contribution in [0.3, 0.4) is 0 Å². The van der Waals surface area contributed by atoms with Crippen molar-refractivity contribution in [2.24, 2.45) is 4.99 Å². The second kappa shape index (κ2) is 11.3. The Bertz CT molecular complexity index is 1850. The fourth-order valence-electron chi connectivity index (χ4n) is 5.44. The number of nitrogens with one attached hydrogen (secondary N) is 1. The van der Waals surface area contributed by atoms with Crippen molar-refractivity contribution in [3.8, 4) is 5.75 Å². The third kappa shape index (κ3) is 5.28. The predicted molar refractivity (Wildman–Crippen MR) is 171 cm³/mol. The highest BCUT2D eigenvalue weighted by Gasteiger charge is 2.54. The first-order valence-corrected chi connectivity index (χ1v) is 16.6. The zero-order valence-electron chi connectivity index (χ0n) is 23.0. The summed E-state index contributed by atoms with van der Waals surface area (Å²) >= 11 is 4.81. The molecule has 3 aromatic carbocycles. The largest absolute Gasteiger partial charge is 0.489 e. The van der Waals surface area contributed by atoms with Crippen LogP contribution in [0.4, 0.5) is 0 Å². The van der Waals surface area contributed by atoms with E-state index in [9.17, 15) is 19.5 Å². The summed E-state index contributed by atoms with van der Waals surface area (Å²) in [5, 5.41) is 16.3. The van der Waals surface area contributed by atoms with E-state index in [2.05, 4.69) is 12.2 Å². The average molecular weight is 631 g/mol. The molecule has 12 heteroatoms. The Kier molecular flexibility index (Phi) is 7.36. The molecule has 0 spiro atoms. The Morgan fingerprint density at radius 1 is 1.14 bits per heavy atom. The number of hydrogen-bond donors (Lipinski definition) is 2. The number of β-lactam (4-membered cyclic amide) rings is 1. The van der Waals surface area contributed by atoms with Crippen LogP contribution in [0, 0.1) is 0 Å². The lowest BCUT2D eigenvalue weighted by molar-refractivity contribution is -0.150. The topological polar surface area (TPSA) is 121 Å². The number of hydrogen-bond acceptors (Lipinski definition) is 9. The molecule has 3 atom stereocenters. The smallest absolute Gasteiger partial charge is 0.352 e. The van der Waals surface area contributed by atoms with E-state index in [1.807, 2.05) is 60.7 Å². The number of carbonyl (C=O) groups excluding carboxylic acids is 2. The van der Waals surface area contributed by atoms with Gasteiger partial charge in [0.05, 0.1) is 22.7 Å². The van der Waals surface area contributed by atoms with Crippen molar-refractivity contribution in [1.82, 2.24) is 15.2 Å². The lowest BCUT2D eigenvalue weighted by Crippen LogP contribution is -2.70. The van der Waals surface area contributed by atoms with Gasteiger partial charge in [0, 0.05) is 22.5 Å². The number of benzene rings is 3. The van der Waals surface area contributed by atoms with Gasteiger partial charge in [-0.25, -0.2) is 9.78 Å². The number of ether oxygens (including phenoxy) is 1. The molecule has 3 unspecified atom stereocenters. The highest BCUT2D eigenvalue weighted by Crippen LogP contribution is 2.41. The van der Waals surface area contributed by atoms with Gasteiger partial charge < -0.3 is 15.2 Å². The molecule has 2 amide bonds. The van der Waals surface area contributed by atoms with E-state index in [1.54, 1.807) is 23.1 Å². The molecule has 7 rings (SSSR count). The van der Waals surface area contributed by atoms with Gasteiger partial charge in [-0.2, -0.15) is 0 Å². The van der Waals surface area contributed by atoms with Crippen LogP contribution < -0.4 is 10.1 Å². The van der Waals surface area contributed by atoms with Crippen LogP contribution in [0.1, 0.15) is 17.5 Å². The van der Waals surface area contributed by atoms with Crippen molar-refractivity contribution < 1.29 is 24.2 Å². The molecule has 0 bridgehead atoms. The maximum atomic E-state index is 13.0. The van der Waals surface area contributed by atoms with Gasteiger partial charge in [0.1, 0.15) is 39.5 Å². The Balaban J connectivity index is 1.05. The molecular formula is C31H26N4O5S3. The second-order valence-electron chi connectivity index (χ2n) is 10.6. The van der Waals surface area contributed by atoms with Gasteiger partial charge in [0.15, 0.2) is 0 Å². The van der Waals surface area contributed by atoms with E-state index in [0.29, 0.717) is 23.1 Å². The summed E-state index contributed by atoms with van der Waals surface area (Å²) in [4.78, 5) is 48.6. The lowest BCUT2D eigenvalue weighted by atomic mass is 10.0. The van der Waals surface area contributed by atoms with E-state index >= 15 is 0 Å². The van der Waals surface area contributed by atoms with Crippen molar-refractivity contribution in [2.75, 3.05) is 18.1 Å². The number of rotatable bonds is 8. The minimum Gasteiger partial charge on any atom is -0.489 e. The maximum Gasteiger partial charge on any atom is 0.352 e. The molecule has 2 N–H and O–H groups in total. The van der Waals surface area contributed by atoms with Gasteiger partial charge >= 0.3 is 5.97 Å². The monoisotopic (exact) mass is 630 g/mol. The van der Waals surface area contributed by atoms with Crippen LogP contribution in [0.15, 0.2) is 76.9 Å². The first kappa shape index (κ1) is 27.9. The number of fused-ring (bicyclic) bond motifs is 4. The third-order valence-corrected chi connectivity index (χ3v) is 11.3. The van der Waals surface area contributed by atoms with Crippen LogP contribution in [0.25, 0.3) is 21.0 Å². The standard InChI is InChI=1S/C31H26N4O5S3/c1-16-14-41-27(32-16)28-33-22-10-7-18-12-20(8-9-21(18)26(22)43-28)40-13-19-15-42-30-24(29(37)35(30)25(19)31(38)39)34-23(36)11-17-5-3-2-4-6-17/h2-10,12,16,24,30H,11,13-15H2,1H3,(H,34,36)(H,38,39). The minimum absolute atomic E-state index is 0.0316. The van der Waals surface area contributed by atoms with Crippen molar-refractivity contribution in [3.63, 3.8) is 0 Å². The molecule has 218 valence electrons. The zero-order valence-corrected chi connectivity index (χ0v) is 25.4. The number of carboxylic acids is 1. The number of thioether (sulfide) groups is 2. The van der Waals surface area contributed by atoms with E-state index < -0.39 is 23.3 Å². The summed E-state index contributed by atoms with van der Waals surface area (Å²) in [5.74, 6) is 0.0647. The van der Waals surface area contributed by atoms with E-state index in [-0.39, 0.29) is 24.6 Å². The molecule has 4 heterocycles. The van der Waals surface area contributed by atoms with Crippen LogP contribution in [0.5, 0.6) is 5.75 Å². The number of aliphatic carboxylic acids is 1. The Labute approximate surface area is 259 Å². The average Bonchev–Trinajstić information content (AvgIpc) is 3.65. The minimum atomic E-state index is -1.19. The summed E-state index contributed by atoms with van der Waals surface area (Å²) in [6, 6.07) is 18.6. The van der Waals surface area contributed by atoms with Gasteiger partial charge in [-0.1, -0.05) is 36.4 Å². The lowest BCUT2D eigenvalue weighted by Gasteiger charge is -2.49. The Morgan fingerprint density at radius 3 is 2.74 bits per heavy atom. The molecule has 1 fully saturated rings. The number of carboxylic acid groups (broad SMARTS) is 1.